The summed E-state index contributed by atoms with van der Waals surface area (Å²) in [6.45, 7) is 3.78. The van der Waals surface area contributed by atoms with Gasteiger partial charge in [0.05, 0.1) is 12.3 Å². The average molecular weight is 541 g/mol. The van der Waals surface area contributed by atoms with Crippen molar-refractivity contribution in [2.45, 2.75) is 71.4 Å². The van der Waals surface area contributed by atoms with Crippen molar-refractivity contribution in [3.05, 3.63) is 23.8 Å². The molecule has 1 fully saturated rings. The maximum atomic E-state index is 12.2. The first-order valence-corrected chi connectivity index (χ1v) is 11.7. The van der Waals surface area contributed by atoms with Crippen LogP contribution in [0.25, 0.3) is 0 Å². The van der Waals surface area contributed by atoms with E-state index in [-0.39, 0.29) is 31.0 Å². The highest BCUT2D eigenvalue weighted by Crippen LogP contribution is 2.34. The van der Waals surface area contributed by atoms with Crippen molar-refractivity contribution >= 4 is 35.5 Å². The monoisotopic (exact) mass is 540 g/mol. The highest BCUT2D eigenvalue weighted by Gasteiger charge is 2.53. The summed E-state index contributed by atoms with van der Waals surface area (Å²) in [5.74, 6) is -3.42. The Morgan fingerprint density at radius 1 is 0.921 bits per heavy atom. The number of rotatable bonds is 11. The number of esters is 4. The van der Waals surface area contributed by atoms with Gasteiger partial charge in [0.25, 0.3) is 0 Å². The maximum Gasteiger partial charge on any atom is 0.303 e. The lowest BCUT2D eigenvalue weighted by Gasteiger charge is -2.44. The molecule has 1 aliphatic heterocycles. The van der Waals surface area contributed by atoms with Crippen LogP contribution >= 0.6 is 0 Å². The van der Waals surface area contributed by atoms with E-state index in [1.54, 1.807) is 0 Å². The first-order chi connectivity index (χ1) is 17.9. The van der Waals surface area contributed by atoms with Crippen molar-refractivity contribution < 1.29 is 57.5 Å². The Morgan fingerprint density at radius 3 is 2.08 bits per heavy atom. The fourth-order valence-corrected chi connectivity index (χ4v) is 3.63. The van der Waals surface area contributed by atoms with Gasteiger partial charge in [-0.15, -0.1) is 0 Å². The van der Waals surface area contributed by atoms with Crippen LogP contribution < -0.4 is 15.8 Å². The van der Waals surface area contributed by atoms with E-state index in [1.165, 1.54) is 18.2 Å². The number of carbonyl (C=O) groups excluding carboxylic acids is 5. The van der Waals surface area contributed by atoms with Crippen molar-refractivity contribution in [3.63, 3.8) is 0 Å². The first kappa shape index (κ1) is 30.5. The highest BCUT2D eigenvalue weighted by atomic mass is 16.7. The molecule has 38 heavy (non-hydrogen) atoms. The zero-order valence-corrected chi connectivity index (χ0v) is 21.5. The summed E-state index contributed by atoms with van der Waals surface area (Å²) in [6, 6.07) is 4.39. The Morgan fingerprint density at radius 2 is 1.53 bits per heavy atom. The molecule has 14 nitrogen and oxygen atoms in total. The lowest BCUT2D eigenvalue weighted by Crippen LogP contribution is -2.63. The summed E-state index contributed by atoms with van der Waals surface area (Å²) in [5, 5.41) is 12.1. The summed E-state index contributed by atoms with van der Waals surface area (Å²) in [4.78, 5) is 59.5. The van der Waals surface area contributed by atoms with Gasteiger partial charge in [0.1, 0.15) is 18.5 Å². The SMILES string of the molecule is CC(=O)OC[C@H]1O[C@H](Oc2ccc(CO)cc2NC(=O)CCN)[C@@H](OC(C)=O)[C@@H](OC(C)=O)[C@@H]1OC(C)=O. The second-order valence-electron chi connectivity index (χ2n) is 8.26. The van der Waals surface area contributed by atoms with Crippen LogP contribution in [0.3, 0.4) is 0 Å². The van der Waals surface area contributed by atoms with E-state index < -0.39 is 67.1 Å². The molecule has 1 aromatic carbocycles. The number of aliphatic hydroxyl groups is 1. The number of carbonyl (C=O) groups is 5. The van der Waals surface area contributed by atoms with E-state index in [2.05, 4.69) is 5.32 Å². The van der Waals surface area contributed by atoms with E-state index >= 15 is 0 Å². The standard InChI is InChI=1S/C24H32N2O12/c1-12(28)33-11-19-21(34-13(2)29)22(35-14(3)30)23(36-15(4)31)24(38-19)37-18-6-5-16(10-27)9-17(18)26-20(32)7-8-25/h5-6,9,19,21-24,27H,7-8,10-11,25H2,1-4H3,(H,26,32)/t19-,21-,22+,23+,24+/m1/s1. The minimum atomic E-state index is -1.50. The molecule has 0 bridgehead atoms. The molecule has 1 aliphatic rings. The first-order valence-electron chi connectivity index (χ1n) is 11.7. The third-order valence-electron chi connectivity index (χ3n) is 5.06. The highest BCUT2D eigenvalue weighted by molar-refractivity contribution is 5.92. The topological polar surface area (TPSA) is 199 Å². The molecule has 5 atom stereocenters. The molecule has 1 aromatic rings. The minimum Gasteiger partial charge on any atom is -0.463 e. The lowest BCUT2D eigenvalue weighted by molar-refractivity contribution is -0.288. The Bertz CT molecular complexity index is 1030. The number of hydrogen-bond donors (Lipinski definition) is 3. The van der Waals surface area contributed by atoms with E-state index in [4.69, 9.17) is 34.2 Å². The molecule has 0 spiro atoms. The molecule has 2 rings (SSSR count). The number of nitrogens with two attached hydrogens (primary N) is 1. The van der Waals surface area contributed by atoms with Crippen molar-refractivity contribution in [3.8, 4) is 5.75 Å². The van der Waals surface area contributed by atoms with Gasteiger partial charge in [-0.2, -0.15) is 0 Å². The number of hydrogen-bond acceptors (Lipinski definition) is 13. The summed E-state index contributed by atoms with van der Waals surface area (Å²) in [6.07, 6.45) is -6.94. The average Bonchev–Trinajstić information content (AvgIpc) is 2.81. The molecule has 0 aliphatic carbocycles. The molecule has 1 heterocycles. The largest absolute Gasteiger partial charge is 0.463 e. The Kier molecular flexibility index (Phi) is 11.4. The molecule has 14 heteroatoms. The van der Waals surface area contributed by atoms with Gasteiger partial charge in [0.2, 0.25) is 18.3 Å². The van der Waals surface area contributed by atoms with E-state index in [0.717, 1.165) is 27.7 Å². The lowest BCUT2D eigenvalue weighted by atomic mass is 9.98. The van der Waals surface area contributed by atoms with Gasteiger partial charge in [0, 0.05) is 40.7 Å². The Hall–Kier alpha value is -3.75. The molecule has 1 amide bonds. The molecule has 0 radical (unpaired) electrons. The van der Waals surface area contributed by atoms with Crippen LogP contribution in [-0.4, -0.2) is 78.7 Å². The summed E-state index contributed by atoms with van der Waals surface area (Å²) < 4.78 is 33.0. The fourth-order valence-electron chi connectivity index (χ4n) is 3.63. The molecule has 0 saturated carbocycles. The van der Waals surface area contributed by atoms with Gasteiger partial charge in [-0.1, -0.05) is 6.07 Å². The number of benzene rings is 1. The second-order valence-corrected chi connectivity index (χ2v) is 8.26. The van der Waals surface area contributed by atoms with Crippen LogP contribution in [0, 0.1) is 0 Å². The van der Waals surface area contributed by atoms with Crippen molar-refractivity contribution in [2.24, 2.45) is 5.73 Å². The van der Waals surface area contributed by atoms with Gasteiger partial charge in [0.15, 0.2) is 12.2 Å². The van der Waals surface area contributed by atoms with Crippen molar-refractivity contribution in [1.82, 2.24) is 0 Å². The molecule has 4 N–H and O–H groups in total. The predicted octanol–water partition coefficient (Wildman–Crippen LogP) is -0.0719. The number of nitrogens with one attached hydrogen (secondary N) is 1. The van der Waals surface area contributed by atoms with E-state index in [1.807, 2.05) is 0 Å². The molecule has 210 valence electrons. The third kappa shape index (κ3) is 8.97. The predicted molar refractivity (Wildman–Crippen MR) is 127 cm³/mol. The zero-order chi connectivity index (χ0) is 28.4. The normalized spacial score (nSPS) is 22.5. The van der Waals surface area contributed by atoms with Gasteiger partial charge >= 0.3 is 23.9 Å². The minimum absolute atomic E-state index is 0.00183. The fraction of sp³-hybridized carbons (Fsp3) is 0.542. The van der Waals surface area contributed by atoms with E-state index in [9.17, 15) is 29.1 Å². The number of anilines is 1. The van der Waals surface area contributed by atoms with Gasteiger partial charge in [-0.05, 0) is 17.7 Å². The number of ether oxygens (including phenoxy) is 6. The molecule has 1 saturated heterocycles. The molecular weight excluding hydrogens is 508 g/mol. The van der Waals surface area contributed by atoms with E-state index in [0.29, 0.717) is 5.56 Å². The number of aliphatic hydroxyl groups excluding tert-OH is 1. The van der Waals surface area contributed by atoms with Crippen LogP contribution in [0.15, 0.2) is 18.2 Å². The Labute approximate surface area is 218 Å². The number of amides is 1. The smallest absolute Gasteiger partial charge is 0.303 e. The maximum absolute atomic E-state index is 12.2. The van der Waals surface area contributed by atoms with Gasteiger partial charge < -0.3 is 44.6 Å². The van der Waals surface area contributed by atoms with Crippen LogP contribution in [0.2, 0.25) is 0 Å². The van der Waals surface area contributed by atoms with Crippen molar-refractivity contribution in [1.29, 1.82) is 0 Å². The van der Waals surface area contributed by atoms with Crippen LogP contribution in [-0.2, 0) is 54.3 Å². The van der Waals surface area contributed by atoms with Crippen LogP contribution in [0.5, 0.6) is 5.75 Å². The summed E-state index contributed by atoms with van der Waals surface area (Å²) >= 11 is 0. The van der Waals surface area contributed by atoms with Gasteiger partial charge in [-0.3, -0.25) is 24.0 Å². The molecular formula is C24H32N2O12. The third-order valence-corrected chi connectivity index (χ3v) is 5.06. The summed E-state index contributed by atoms with van der Waals surface area (Å²) in [5.41, 5.74) is 6.03. The van der Waals surface area contributed by atoms with Crippen LogP contribution in [0.4, 0.5) is 5.69 Å². The van der Waals surface area contributed by atoms with Gasteiger partial charge in [-0.25, -0.2) is 0 Å². The van der Waals surface area contributed by atoms with Crippen molar-refractivity contribution in [2.75, 3.05) is 18.5 Å². The molecule has 0 unspecified atom stereocenters. The Balaban J connectivity index is 2.54. The molecule has 0 aromatic heterocycles. The quantitative estimate of drug-likeness (QED) is 0.249. The zero-order valence-electron chi connectivity index (χ0n) is 21.5. The second kappa shape index (κ2) is 14.3. The summed E-state index contributed by atoms with van der Waals surface area (Å²) in [7, 11) is 0. The van der Waals surface area contributed by atoms with Crippen LogP contribution in [0.1, 0.15) is 39.7 Å².